The molecule has 0 saturated carbocycles. The summed E-state index contributed by atoms with van der Waals surface area (Å²) in [6.45, 7) is 0. The quantitative estimate of drug-likeness (QED) is 0.656. The summed E-state index contributed by atoms with van der Waals surface area (Å²) in [6.07, 6.45) is 0. The summed E-state index contributed by atoms with van der Waals surface area (Å²) < 4.78 is 16.3. The van der Waals surface area contributed by atoms with Crippen molar-refractivity contribution < 1.29 is 4.39 Å². The molecule has 0 aliphatic heterocycles. The molecule has 0 bridgehead atoms. The molecule has 0 radical (unpaired) electrons. The number of fused-ring (bicyclic) bond motifs is 1. The number of halogens is 3. The van der Waals surface area contributed by atoms with E-state index in [1.165, 1.54) is 6.07 Å². The van der Waals surface area contributed by atoms with Crippen LogP contribution in [0.15, 0.2) is 39.3 Å². The Labute approximate surface area is 136 Å². The Hall–Kier alpha value is -1.91. The molecule has 7 heteroatoms. The molecular formula is C14H7Br2FN4. The van der Waals surface area contributed by atoms with Gasteiger partial charge in [-0.05, 0) is 40.2 Å². The van der Waals surface area contributed by atoms with Gasteiger partial charge in [0.1, 0.15) is 11.9 Å². The van der Waals surface area contributed by atoms with Crippen LogP contribution < -0.4 is 5.73 Å². The molecule has 21 heavy (non-hydrogen) atoms. The largest absolute Gasteiger partial charge is 0.369 e. The minimum atomic E-state index is -0.415. The minimum Gasteiger partial charge on any atom is -0.369 e. The first-order chi connectivity index (χ1) is 10.0. The number of rotatable bonds is 1. The highest BCUT2D eigenvalue weighted by Gasteiger charge is 2.15. The van der Waals surface area contributed by atoms with Crippen molar-refractivity contribution >= 4 is 48.8 Å². The molecule has 0 amide bonds. The van der Waals surface area contributed by atoms with Gasteiger partial charge in [0.05, 0.1) is 26.8 Å². The van der Waals surface area contributed by atoms with E-state index in [-0.39, 0.29) is 5.95 Å². The fourth-order valence-corrected chi connectivity index (χ4v) is 2.81. The number of nitrogen functional groups attached to an aromatic ring is 1. The van der Waals surface area contributed by atoms with Gasteiger partial charge in [0.15, 0.2) is 0 Å². The predicted octanol–water partition coefficient (Wildman–Crippen LogP) is 4.14. The van der Waals surface area contributed by atoms with Crippen LogP contribution in [0.3, 0.4) is 0 Å². The van der Waals surface area contributed by atoms with Gasteiger partial charge in [-0.1, -0.05) is 15.9 Å². The number of anilines is 1. The highest BCUT2D eigenvalue weighted by molar-refractivity contribution is 9.10. The van der Waals surface area contributed by atoms with Crippen molar-refractivity contribution in [3.05, 3.63) is 50.7 Å². The molecule has 2 aromatic carbocycles. The average molecular weight is 410 g/mol. The zero-order chi connectivity index (χ0) is 15.1. The van der Waals surface area contributed by atoms with E-state index >= 15 is 0 Å². The lowest BCUT2D eigenvalue weighted by molar-refractivity contribution is 0.623. The van der Waals surface area contributed by atoms with Crippen LogP contribution in [0.4, 0.5) is 10.3 Å². The van der Waals surface area contributed by atoms with Crippen LogP contribution >= 0.6 is 31.9 Å². The second-order valence-corrected chi connectivity index (χ2v) is 6.10. The van der Waals surface area contributed by atoms with E-state index in [9.17, 15) is 9.65 Å². The van der Waals surface area contributed by atoms with Crippen molar-refractivity contribution in [2.24, 2.45) is 0 Å². The summed E-state index contributed by atoms with van der Waals surface area (Å²) in [7, 11) is 0. The van der Waals surface area contributed by atoms with Crippen molar-refractivity contribution in [1.29, 1.82) is 5.26 Å². The lowest BCUT2D eigenvalue weighted by atomic mass is 10.2. The summed E-state index contributed by atoms with van der Waals surface area (Å²) in [5.74, 6) is -0.223. The predicted molar refractivity (Wildman–Crippen MR) is 85.6 cm³/mol. The molecule has 0 aliphatic rings. The first-order valence-corrected chi connectivity index (χ1v) is 7.43. The van der Waals surface area contributed by atoms with Crippen molar-refractivity contribution in [1.82, 2.24) is 9.55 Å². The molecule has 1 aromatic heterocycles. The number of imidazole rings is 1. The summed E-state index contributed by atoms with van der Waals surface area (Å²) >= 11 is 6.52. The monoisotopic (exact) mass is 408 g/mol. The fraction of sp³-hybridized carbons (Fsp3) is 0. The van der Waals surface area contributed by atoms with Crippen molar-refractivity contribution in [2.45, 2.75) is 0 Å². The highest BCUT2D eigenvalue weighted by Crippen LogP contribution is 2.30. The second kappa shape index (κ2) is 5.13. The topological polar surface area (TPSA) is 67.6 Å². The van der Waals surface area contributed by atoms with Crippen molar-refractivity contribution in [3.63, 3.8) is 0 Å². The molecule has 3 aromatic rings. The first kappa shape index (κ1) is 14.0. The van der Waals surface area contributed by atoms with Crippen molar-refractivity contribution in [2.75, 3.05) is 5.73 Å². The molecule has 0 atom stereocenters. The SMILES string of the molecule is N#Cc1ccc(Br)cc1-n1c(N)nc2cc(F)c(Br)cc21. The maximum atomic E-state index is 13.6. The number of hydrogen-bond acceptors (Lipinski definition) is 3. The Morgan fingerprint density at radius 2 is 2.00 bits per heavy atom. The van der Waals surface area contributed by atoms with Gasteiger partial charge in [0.25, 0.3) is 0 Å². The van der Waals surface area contributed by atoms with Crippen molar-refractivity contribution in [3.8, 4) is 11.8 Å². The molecule has 0 spiro atoms. The van der Waals surface area contributed by atoms with Gasteiger partial charge in [0.2, 0.25) is 5.95 Å². The molecule has 3 rings (SSSR count). The Morgan fingerprint density at radius 1 is 1.24 bits per heavy atom. The summed E-state index contributed by atoms with van der Waals surface area (Å²) in [4.78, 5) is 4.15. The molecule has 104 valence electrons. The first-order valence-electron chi connectivity index (χ1n) is 5.84. The molecule has 0 unspecified atom stereocenters. The second-order valence-electron chi connectivity index (χ2n) is 4.33. The van der Waals surface area contributed by atoms with E-state index in [1.54, 1.807) is 28.8 Å². The van der Waals surface area contributed by atoms with E-state index in [2.05, 4.69) is 42.9 Å². The number of hydrogen-bond donors (Lipinski definition) is 1. The van der Waals surface area contributed by atoms with Gasteiger partial charge in [0, 0.05) is 10.5 Å². The number of nitrogens with zero attached hydrogens (tertiary/aromatic N) is 3. The number of nitrogens with two attached hydrogens (primary N) is 1. The fourth-order valence-electron chi connectivity index (χ4n) is 2.13. The van der Waals surface area contributed by atoms with Crippen LogP contribution in [0.25, 0.3) is 16.7 Å². The standard InChI is InChI=1S/C14H7Br2FN4/c15-8-2-1-7(6-18)12(3-8)21-13-4-9(16)10(17)5-11(13)20-14(21)19/h1-5H,(H2,19,20). The van der Waals surface area contributed by atoms with E-state index in [0.29, 0.717) is 26.8 Å². The Kier molecular flexibility index (Phi) is 3.43. The van der Waals surface area contributed by atoms with Crippen LogP contribution in [0, 0.1) is 17.1 Å². The van der Waals surface area contributed by atoms with Gasteiger partial charge < -0.3 is 5.73 Å². The van der Waals surface area contributed by atoms with Gasteiger partial charge in [-0.25, -0.2) is 9.37 Å². The summed E-state index contributed by atoms with van der Waals surface area (Å²) in [6, 6.07) is 10.2. The lowest BCUT2D eigenvalue weighted by Crippen LogP contribution is -2.03. The van der Waals surface area contributed by atoms with Gasteiger partial charge in [-0.15, -0.1) is 0 Å². The Morgan fingerprint density at radius 3 is 2.71 bits per heavy atom. The third kappa shape index (κ3) is 2.30. The normalized spacial score (nSPS) is 10.8. The average Bonchev–Trinajstić information content (AvgIpc) is 2.74. The number of benzene rings is 2. The van der Waals surface area contributed by atoms with E-state index < -0.39 is 5.82 Å². The van der Waals surface area contributed by atoms with Crippen LogP contribution in [0.5, 0.6) is 0 Å². The molecule has 0 fully saturated rings. The lowest BCUT2D eigenvalue weighted by Gasteiger charge is -2.09. The number of aromatic nitrogens is 2. The van der Waals surface area contributed by atoms with E-state index in [0.717, 1.165) is 4.47 Å². The Balaban J connectivity index is 2.41. The van der Waals surface area contributed by atoms with E-state index in [4.69, 9.17) is 5.73 Å². The molecule has 1 heterocycles. The third-order valence-electron chi connectivity index (χ3n) is 3.04. The van der Waals surface area contributed by atoms with Crippen LogP contribution in [-0.2, 0) is 0 Å². The number of nitriles is 1. The molecule has 0 saturated heterocycles. The zero-order valence-electron chi connectivity index (χ0n) is 10.4. The highest BCUT2D eigenvalue weighted by atomic mass is 79.9. The maximum Gasteiger partial charge on any atom is 0.205 e. The molecular weight excluding hydrogens is 403 g/mol. The van der Waals surface area contributed by atoms with Crippen LogP contribution in [0.1, 0.15) is 5.56 Å². The van der Waals surface area contributed by atoms with Gasteiger partial charge >= 0.3 is 0 Å². The van der Waals surface area contributed by atoms with E-state index in [1.807, 2.05) is 0 Å². The van der Waals surface area contributed by atoms with Gasteiger partial charge in [-0.3, -0.25) is 4.57 Å². The molecule has 2 N–H and O–H groups in total. The molecule has 4 nitrogen and oxygen atoms in total. The summed E-state index contributed by atoms with van der Waals surface area (Å²) in [5.41, 5.74) is 8.03. The molecule has 0 aliphatic carbocycles. The Bertz CT molecular complexity index is 911. The third-order valence-corrected chi connectivity index (χ3v) is 4.14. The summed E-state index contributed by atoms with van der Waals surface area (Å²) in [5, 5.41) is 9.26. The van der Waals surface area contributed by atoms with Crippen LogP contribution in [-0.4, -0.2) is 9.55 Å². The smallest absolute Gasteiger partial charge is 0.205 e. The van der Waals surface area contributed by atoms with Crippen LogP contribution in [0.2, 0.25) is 0 Å². The van der Waals surface area contributed by atoms with Gasteiger partial charge in [-0.2, -0.15) is 5.26 Å². The minimum absolute atomic E-state index is 0.192. The maximum absolute atomic E-state index is 13.6. The zero-order valence-corrected chi connectivity index (χ0v) is 13.6.